The molecule has 10 aromatic carbocycles. The van der Waals surface area contributed by atoms with Gasteiger partial charge in [-0.2, -0.15) is 79.4 Å². The topological polar surface area (TPSA) is 528 Å². The Bertz CT molecular complexity index is 6220. The van der Waals surface area contributed by atoms with Gasteiger partial charge in [0.15, 0.2) is 11.5 Å². The maximum atomic E-state index is 13.6. The number of aryl methyl sites for hydroxylation is 1. The summed E-state index contributed by atoms with van der Waals surface area (Å²) < 4.78 is 227. The van der Waals surface area contributed by atoms with Crippen LogP contribution < -0.4 is 11.5 Å². The Labute approximate surface area is 581 Å². The number of rotatable bonds is 24. The standard InChI is InChI=1S/C62H54N10O23S7/c1-33-20-45(99(84,85)92-2)24-38-11-15-42(26-46(33)38)65-69-52-18-16-50(63)57-48(52)25-40(32-98(81,82)83)59(61(57)73)71-67-41-12-8-35(39(23-41)31-97(78,79)80)6-7-36-9-13-44(28-54(36)100(86,87)93-3)68-72-60-56(102(90,91)95-5)29-49-53(19-17-51(64)58(49)62(60)74)70-66-43-14-10-37-21-34(30-96(75,76)77)22-55(47(37)27-43)101(88,89)94-4/h6-29,73-74H,30-32,63-64H2,1-5H3,(H,75,76,77)(H,78,79,80)(H,81,82,83)/b7-6+,69-65?,70-66?,71-67?,72-68?. The van der Waals surface area contributed by atoms with E-state index in [1.54, 1.807) is 25.1 Å². The number of nitrogens with zero attached hydrogens (tertiary/aromatic N) is 8. The van der Waals surface area contributed by atoms with E-state index in [-0.39, 0.29) is 105 Å². The van der Waals surface area contributed by atoms with Gasteiger partial charge in [0, 0.05) is 33.1 Å². The summed E-state index contributed by atoms with van der Waals surface area (Å²) in [5.41, 5.74) is 10.8. The van der Waals surface area contributed by atoms with Crippen molar-refractivity contribution in [1.29, 1.82) is 0 Å². The van der Waals surface area contributed by atoms with Crippen LogP contribution in [0.3, 0.4) is 0 Å². The minimum atomic E-state index is -4.88. The Morgan fingerprint density at radius 1 is 0.382 bits per heavy atom. The Hall–Kier alpha value is -10.1. The molecule has 0 fully saturated rings. The van der Waals surface area contributed by atoms with Gasteiger partial charge in [0.2, 0.25) is 0 Å². The van der Waals surface area contributed by atoms with Gasteiger partial charge >= 0.3 is 0 Å². The third-order valence-corrected chi connectivity index (χ3v) is 22.5. The van der Waals surface area contributed by atoms with Crippen molar-refractivity contribution in [2.45, 2.75) is 43.8 Å². The van der Waals surface area contributed by atoms with E-state index in [0.717, 1.165) is 52.7 Å². The van der Waals surface area contributed by atoms with Crippen molar-refractivity contribution < 1.29 is 99.5 Å². The van der Waals surface area contributed by atoms with E-state index in [0.29, 0.717) is 22.0 Å². The zero-order chi connectivity index (χ0) is 74.4. The molecule has 102 heavy (non-hydrogen) atoms. The molecule has 9 N–H and O–H groups in total. The van der Waals surface area contributed by atoms with Crippen molar-refractivity contribution >= 4 is 183 Å². The minimum absolute atomic E-state index is 0.00150. The Balaban J connectivity index is 0.970. The minimum Gasteiger partial charge on any atom is -0.505 e. The van der Waals surface area contributed by atoms with Gasteiger partial charge in [-0.15, -0.1) is 20.5 Å². The summed E-state index contributed by atoms with van der Waals surface area (Å²) in [6, 6.07) is 28.6. The Morgan fingerprint density at radius 2 is 0.824 bits per heavy atom. The largest absolute Gasteiger partial charge is 0.505 e. The van der Waals surface area contributed by atoms with E-state index in [4.69, 9.17) is 24.0 Å². The number of hydrogen-bond acceptors (Lipinski definition) is 30. The molecular formula is C62H54N10O23S7. The lowest BCUT2D eigenvalue weighted by atomic mass is 10.0. The van der Waals surface area contributed by atoms with E-state index >= 15 is 0 Å². The molecule has 0 amide bonds. The van der Waals surface area contributed by atoms with Crippen LogP contribution in [-0.4, -0.2) is 111 Å². The van der Waals surface area contributed by atoms with Gasteiger partial charge in [-0.1, -0.05) is 36.4 Å². The van der Waals surface area contributed by atoms with Gasteiger partial charge in [0.1, 0.15) is 43.3 Å². The van der Waals surface area contributed by atoms with Crippen LogP contribution in [0, 0.1) is 6.92 Å². The van der Waals surface area contributed by atoms with E-state index in [9.17, 15) is 82.8 Å². The van der Waals surface area contributed by atoms with Gasteiger partial charge in [-0.05, 0) is 160 Å². The molecule has 0 aliphatic carbocycles. The third kappa shape index (κ3) is 16.5. The molecule has 10 rings (SSSR count). The molecule has 0 aromatic heterocycles. The average molecular weight is 1530 g/mol. The van der Waals surface area contributed by atoms with Crippen molar-refractivity contribution in [2.24, 2.45) is 40.9 Å². The lowest BCUT2D eigenvalue weighted by molar-refractivity contribution is 0.396. The highest BCUT2D eigenvalue weighted by Crippen LogP contribution is 2.49. The highest BCUT2D eigenvalue weighted by Gasteiger charge is 2.28. The second kappa shape index (κ2) is 28.4. The number of nitrogen functional groups attached to an aromatic ring is 2. The van der Waals surface area contributed by atoms with Crippen LogP contribution in [-0.2, 0) is 105 Å². The lowest BCUT2D eigenvalue weighted by Gasteiger charge is -2.13. The molecular weight excluding hydrogens is 1480 g/mol. The summed E-state index contributed by atoms with van der Waals surface area (Å²) in [4.78, 5) is -1.95. The number of azo groups is 4. The Morgan fingerprint density at radius 3 is 1.38 bits per heavy atom. The molecule has 532 valence electrons. The monoisotopic (exact) mass is 1530 g/mol. The fourth-order valence-electron chi connectivity index (χ4n) is 10.6. The first-order valence-corrected chi connectivity index (χ1v) is 39.1. The molecule has 0 atom stereocenters. The van der Waals surface area contributed by atoms with E-state index < -0.39 is 126 Å². The van der Waals surface area contributed by atoms with E-state index in [1.807, 2.05) is 0 Å². The lowest BCUT2D eigenvalue weighted by Crippen LogP contribution is -2.07. The summed E-state index contributed by atoms with van der Waals surface area (Å²) in [6.07, 6.45) is 2.44. The normalized spacial score (nSPS) is 13.3. The third-order valence-electron chi connectivity index (χ3n) is 15.3. The van der Waals surface area contributed by atoms with E-state index in [2.05, 4.69) is 45.1 Å². The SMILES string of the molecule is COS(=O)(=O)c1cc(C)c2cc(N=Nc3ccc(N)c4c(O)c(N=Nc5ccc(/C=C/c6ccc(N=Nc7c(S(=O)(=O)OC)cc8c(N=Nc9ccc%10cc(CS(=O)(=O)O)cc(S(=O)(=O)OC)c%10c9)ccc(N)c8c7O)cc6S(=O)(=O)OC)c(CS(=O)(=O)O)c5)c(CS(=O)(=O)O)cc34)ccc2c1. The van der Waals surface area contributed by atoms with Crippen molar-refractivity contribution in [2.75, 3.05) is 39.9 Å². The Kier molecular flexibility index (Phi) is 20.8. The maximum absolute atomic E-state index is 13.6. The van der Waals surface area contributed by atoms with Crippen LogP contribution in [0.15, 0.2) is 194 Å². The summed E-state index contributed by atoms with van der Waals surface area (Å²) in [5, 5.41) is 57.9. The number of benzene rings is 10. The number of hydrogen-bond donors (Lipinski definition) is 7. The first kappa shape index (κ1) is 74.6. The number of anilines is 2. The molecule has 33 nitrogen and oxygen atoms in total. The number of fused-ring (bicyclic) bond motifs is 4. The first-order chi connectivity index (χ1) is 47.7. The fourth-order valence-corrected chi connectivity index (χ4v) is 15.8. The van der Waals surface area contributed by atoms with Crippen LogP contribution in [0.5, 0.6) is 11.5 Å². The van der Waals surface area contributed by atoms with Gasteiger partial charge in [0.25, 0.3) is 70.8 Å². The molecule has 0 saturated carbocycles. The van der Waals surface area contributed by atoms with Crippen molar-refractivity contribution in [3.63, 3.8) is 0 Å². The number of aromatic hydroxyl groups is 2. The number of phenolic OH excluding ortho intramolecular Hbond substituents is 2. The van der Waals surface area contributed by atoms with E-state index in [1.165, 1.54) is 103 Å². The van der Waals surface area contributed by atoms with Crippen LogP contribution in [0.1, 0.15) is 33.4 Å². The molecule has 0 bridgehead atoms. The zero-order valence-electron chi connectivity index (χ0n) is 53.2. The van der Waals surface area contributed by atoms with Gasteiger partial charge in [0.05, 0.1) is 78.2 Å². The fraction of sp³-hybridized carbons (Fsp3) is 0.129. The van der Waals surface area contributed by atoms with Gasteiger partial charge in [-0.25, -0.2) is 0 Å². The van der Waals surface area contributed by atoms with Crippen molar-refractivity contribution in [3.05, 3.63) is 167 Å². The smallest absolute Gasteiger partial charge is 0.299 e. The summed E-state index contributed by atoms with van der Waals surface area (Å²) in [5.74, 6) is -4.77. The summed E-state index contributed by atoms with van der Waals surface area (Å²) in [6.45, 7) is 1.68. The van der Waals surface area contributed by atoms with Crippen LogP contribution >= 0.6 is 0 Å². The summed E-state index contributed by atoms with van der Waals surface area (Å²) >= 11 is 0. The zero-order valence-corrected chi connectivity index (χ0v) is 58.9. The van der Waals surface area contributed by atoms with Gasteiger partial charge in [-0.3, -0.25) is 30.4 Å². The molecule has 0 aliphatic heterocycles. The van der Waals surface area contributed by atoms with Crippen LogP contribution in [0.25, 0.3) is 55.2 Å². The molecule has 0 saturated heterocycles. The maximum Gasteiger partial charge on any atom is 0.299 e. The molecule has 0 spiro atoms. The van der Waals surface area contributed by atoms with Crippen molar-refractivity contribution in [3.8, 4) is 11.5 Å². The van der Waals surface area contributed by atoms with Gasteiger partial charge < -0.3 is 21.7 Å². The molecule has 40 heteroatoms. The average Bonchev–Trinajstić information content (AvgIpc) is 0.758. The van der Waals surface area contributed by atoms with Crippen LogP contribution in [0.4, 0.5) is 56.9 Å². The predicted octanol–water partition coefficient (Wildman–Crippen LogP) is 12.5. The number of phenols is 2. The highest BCUT2D eigenvalue weighted by molar-refractivity contribution is 7.88. The second-order valence-corrected chi connectivity index (χ2v) is 33.2. The highest BCUT2D eigenvalue weighted by atomic mass is 32.2. The second-order valence-electron chi connectivity index (χ2n) is 22.0. The predicted molar refractivity (Wildman–Crippen MR) is 374 cm³/mol. The van der Waals surface area contributed by atoms with Crippen molar-refractivity contribution in [1.82, 2.24) is 0 Å². The molecule has 0 radical (unpaired) electrons. The quantitative estimate of drug-likeness (QED) is 0.00971. The summed E-state index contributed by atoms with van der Waals surface area (Å²) in [7, 11) is -28.9. The molecule has 0 aliphatic rings. The molecule has 0 heterocycles. The first-order valence-electron chi connectivity index (χ1n) is 28.7. The molecule has 10 aromatic rings. The number of nitrogens with two attached hydrogens (primary N) is 2. The molecule has 0 unspecified atom stereocenters. The van der Waals surface area contributed by atoms with Crippen LogP contribution in [0.2, 0.25) is 0 Å².